The van der Waals surface area contributed by atoms with E-state index >= 15 is 0 Å². The molecule has 0 radical (unpaired) electrons. The molecule has 5 heteroatoms. The zero-order valence-corrected chi connectivity index (χ0v) is 15.3. The molecule has 132 valence electrons. The van der Waals surface area contributed by atoms with Gasteiger partial charge in [0.05, 0.1) is 0 Å². The van der Waals surface area contributed by atoms with Crippen molar-refractivity contribution in [3.63, 3.8) is 0 Å². The number of anilines is 1. The van der Waals surface area contributed by atoms with Crippen LogP contribution in [-0.4, -0.2) is 18.1 Å². The van der Waals surface area contributed by atoms with Crippen LogP contribution in [0.3, 0.4) is 0 Å². The molecule has 3 rings (SSSR count). The van der Waals surface area contributed by atoms with Crippen LogP contribution in [-0.2, 0) is 11.2 Å². The molecule has 0 fully saturated rings. The fourth-order valence-electron chi connectivity index (χ4n) is 3.24. The Bertz CT molecular complexity index is 808. The van der Waals surface area contributed by atoms with Crippen molar-refractivity contribution in [2.24, 2.45) is 0 Å². The van der Waals surface area contributed by atoms with Crippen LogP contribution in [0.1, 0.15) is 31.4 Å². The van der Waals surface area contributed by atoms with E-state index in [1.165, 1.54) is 12.1 Å². The third kappa shape index (κ3) is 3.64. The predicted molar refractivity (Wildman–Crippen MR) is 97.9 cm³/mol. The quantitative estimate of drug-likeness (QED) is 0.776. The average molecular weight is 362 g/mol. The SMILES string of the molecule is Cc1cc(Cl)ccc1O[C@@H](C)C(=O)N1c2ccc(F)cc2CC[C@@H]1C. The predicted octanol–water partition coefficient (Wildman–Crippen LogP) is 4.92. The van der Waals surface area contributed by atoms with E-state index < -0.39 is 6.10 Å². The van der Waals surface area contributed by atoms with E-state index in [0.717, 1.165) is 29.7 Å². The van der Waals surface area contributed by atoms with Crippen molar-refractivity contribution in [3.05, 3.63) is 58.4 Å². The molecular weight excluding hydrogens is 341 g/mol. The highest BCUT2D eigenvalue weighted by Gasteiger charge is 2.32. The lowest BCUT2D eigenvalue weighted by Gasteiger charge is -2.36. The minimum atomic E-state index is -0.654. The molecule has 0 aliphatic carbocycles. The van der Waals surface area contributed by atoms with Crippen molar-refractivity contribution in [1.29, 1.82) is 0 Å². The van der Waals surface area contributed by atoms with Crippen molar-refractivity contribution in [2.75, 3.05) is 4.90 Å². The first-order valence-electron chi connectivity index (χ1n) is 8.41. The number of halogens is 2. The van der Waals surface area contributed by atoms with Crippen LogP contribution in [0, 0.1) is 12.7 Å². The van der Waals surface area contributed by atoms with E-state index in [1.54, 1.807) is 36.1 Å². The number of rotatable bonds is 3. The van der Waals surface area contributed by atoms with Crippen LogP contribution >= 0.6 is 11.6 Å². The molecule has 0 N–H and O–H groups in total. The van der Waals surface area contributed by atoms with Crippen LogP contribution in [0.25, 0.3) is 0 Å². The first-order valence-corrected chi connectivity index (χ1v) is 8.79. The number of fused-ring (bicyclic) bond motifs is 1. The Labute approximate surface area is 152 Å². The number of hydrogen-bond acceptors (Lipinski definition) is 2. The Balaban J connectivity index is 1.84. The van der Waals surface area contributed by atoms with Gasteiger partial charge in [0.2, 0.25) is 0 Å². The van der Waals surface area contributed by atoms with Crippen molar-refractivity contribution in [2.45, 2.75) is 45.8 Å². The molecule has 25 heavy (non-hydrogen) atoms. The molecule has 0 unspecified atom stereocenters. The second kappa shape index (κ2) is 7.04. The monoisotopic (exact) mass is 361 g/mol. The third-order valence-corrected chi connectivity index (χ3v) is 4.83. The Morgan fingerprint density at radius 2 is 2.08 bits per heavy atom. The van der Waals surface area contributed by atoms with Gasteiger partial charge in [0, 0.05) is 16.8 Å². The summed E-state index contributed by atoms with van der Waals surface area (Å²) in [6.07, 6.45) is 0.914. The fraction of sp³-hybridized carbons (Fsp3) is 0.350. The molecule has 1 heterocycles. The highest BCUT2D eigenvalue weighted by Crippen LogP contribution is 2.32. The minimum Gasteiger partial charge on any atom is -0.481 e. The standard InChI is InChI=1S/C20H21ClFNO2/c1-12-10-16(21)6-9-19(12)25-14(3)20(24)23-13(2)4-5-15-11-17(22)7-8-18(15)23/h6-11,13-14H,4-5H2,1-3H3/t13-,14-/m0/s1. The van der Waals surface area contributed by atoms with E-state index in [0.29, 0.717) is 10.8 Å². The molecule has 0 saturated heterocycles. The highest BCUT2D eigenvalue weighted by molar-refractivity contribution is 6.30. The van der Waals surface area contributed by atoms with E-state index in [1.807, 2.05) is 13.8 Å². The van der Waals surface area contributed by atoms with E-state index in [-0.39, 0.29) is 17.8 Å². The third-order valence-electron chi connectivity index (χ3n) is 4.60. The van der Waals surface area contributed by atoms with Gasteiger partial charge < -0.3 is 9.64 Å². The van der Waals surface area contributed by atoms with Crippen LogP contribution in [0.2, 0.25) is 5.02 Å². The van der Waals surface area contributed by atoms with Crippen molar-refractivity contribution in [3.8, 4) is 5.75 Å². The molecule has 0 spiro atoms. The molecule has 2 aromatic rings. The van der Waals surface area contributed by atoms with Crippen LogP contribution < -0.4 is 9.64 Å². The summed E-state index contributed by atoms with van der Waals surface area (Å²) in [6.45, 7) is 5.63. The Kier molecular flexibility index (Phi) is 5.00. The van der Waals surface area contributed by atoms with Gasteiger partial charge in [-0.25, -0.2) is 4.39 Å². The molecule has 1 aliphatic heterocycles. The average Bonchev–Trinajstić information content (AvgIpc) is 2.57. The van der Waals surface area contributed by atoms with Gasteiger partial charge in [-0.1, -0.05) is 11.6 Å². The van der Waals surface area contributed by atoms with E-state index in [2.05, 4.69) is 0 Å². The zero-order chi connectivity index (χ0) is 18.1. The fourth-order valence-corrected chi connectivity index (χ4v) is 3.46. The zero-order valence-electron chi connectivity index (χ0n) is 14.6. The molecule has 1 aliphatic rings. The number of ether oxygens (including phenoxy) is 1. The van der Waals surface area contributed by atoms with Gasteiger partial charge in [-0.05, 0) is 81.1 Å². The van der Waals surface area contributed by atoms with Gasteiger partial charge in [-0.2, -0.15) is 0 Å². The lowest BCUT2D eigenvalue weighted by molar-refractivity contribution is -0.125. The number of hydrogen-bond donors (Lipinski definition) is 0. The Morgan fingerprint density at radius 1 is 1.32 bits per heavy atom. The first kappa shape index (κ1) is 17.7. The molecular formula is C20H21ClFNO2. The smallest absolute Gasteiger partial charge is 0.268 e. The van der Waals surface area contributed by atoms with Crippen LogP contribution in [0.5, 0.6) is 5.75 Å². The Morgan fingerprint density at radius 3 is 2.80 bits per heavy atom. The topological polar surface area (TPSA) is 29.5 Å². The molecule has 2 atom stereocenters. The summed E-state index contributed by atoms with van der Waals surface area (Å²) in [4.78, 5) is 14.8. The summed E-state index contributed by atoms with van der Waals surface area (Å²) in [5, 5.41) is 0.629. The van der Waals surface area contributed by atoms with Gasteiger partial charge in [0.25, 0.3) is 5.91 Å². The van der Waals surface area contributed by atoms with Gasteiger partial charge >= 0.3 is 0 Å². The lowest BCUT2D eigenvalue weighted by atomic mass is 9.96. The van der Waals surface area contributed by atoms with Crippen LogP contribution in [0.15, 0.2) is 36.4 Å². The summed E-state index contributed by atoms with van der Waals surface area (Å²) >= 11 is 5.96. The first-order chi connectivity index (χ1) is 11.9. The summed E-state index contributed by atoms with van der Waals surface area (Å²) < 4.78 is 19.4. The van der Waals surface area contributed by atoms with E-state index in [9.17, 15) is 9.18 Å². The van der Waals surface area contributed by atoms with Gasteiger partial charge in [-0.15, -0.1) is 0 Å². The number of nitrogens with zero attached hydrogens (tertiary/aromatic N) is 1. The molecule has 0 aromatic heterocycles. The normalized spacial score (nSPS) is 17.8. The van der Waals surface area contributed by atoms with E-state index in [4.69, 9.17) is 16.3 Å². The maximum absolute atomic E-state index is 13.5. The van der Waals surface area contributed by atoms with Crippen molar-refractivity contribution >= 4 is 23.2 Å². The number of benzene rings is 2. The second-order valence-electron chi connectivity index (χ2n) is 6.54. The lowest BCUT2D eigenvalue weighted by Crippen LogP contribution is -2.48. The molecule has 1 amide bonds. The van der Waals surface area contributed by atoms with Crippen molar-refractivity contribution in [1.82, 2.24) is 0 Å². The van der Waals surface area contributed by atoms with Gasteiger partial charge in [0.1, 0.15) is 11.6 Å². The summed E-state index contributed by atoms with van der Waals surface area (Å²) in [6, 6.07) is 9.94. The summed E-state index contributed by atoms with van der Waals surface area (Å²) in [7, 11) is 0. The molecule has 0 bridgehead atoms. The van der Waals surface area contributed by atoms with Crippen LogP contribution in [0.4, 0.5) is 10.1 Å². The maximum Gasteiger partial charge on any atom is 0.268 e. The number of carbonyl (C=O) groups excluding carboxylic acids is 1. The Hall–Kier alpha value is -2.07. The number of carbonyl (C=O) groups is 1. The second-order valence-corrected chi connectivity index (χ2v) is 6.98. The number of amides is 1. The summed E-state index contributed by atoms with van der Waals surface area (Å²) in [5.41, 5.74) is 2.51. The molecule has 3 nitrogen and oxygen atoms in total. The summed E-state index contributed by atoms with van der Waals surface area (Å²) in [5.74, 6) is 0.227. The van der Waals surface area contributed by atoms with Crippen molar-refractivity contribution < 1.29 is 13.9 Å². The highest BCUT2D eigenvalue weighted by atomic mass is 35.5. The van der Waals surface area contributed by atoms with Gasteiger partial charge in [-0.3, -0.25) is 4.79 Å². The van der Waals surface area contributed by atoms with Gasteiger partial charge in [0.15, 0.2) is 6.10 Å². The molecule has 0 saturated carbocycles. The molecule has 2 aromatic carbocycles. The minimum absolute atomic E-state index is 0.0443. The maximum atomic E-state index is 13.5. The largest absolute Gasteiger partial charge is 0.481 e. The number of aryl methyl sites for hydroxylation is 2.